The van der Waals surface area contributed by atoms with Crippen LogP contribution in [0.15, 0.2) is 48.5 Å². The third-order valence-corrected chi connectivity index (χ3v) is 6.09. The molecule has 4 nitrogen and oxygen atoms in total. The maximum Gasteiger partial charge on any atom is 0.227 e. The number of nitrogens with zero attached hydrogens (tertiary/aromatic N) is 2. The fraction of sp³-hybridized carbons (Fsp3) is 0.435. The van der Waals surface area contributed by atoms with Crippen LogP contribution < -0.4 is 10.2 Å². The van der Waals surface area contributed by atoms with Gasteiger partial charge in [-0.1, -0.05) is 23.7 Å². The van der Waals surface area contributed by atoms with Crippen LogP contribution in [0.25, 0.3) is 0 Å². The topological polar surface area (TPSA) is 35.6 Å². The number of halogens is 1. The molecule has 2 aromatic carbocycles. The van der Waals surface area contributed by atoms with Gasteiger partial charge in [-0.3, -0.25) is 9.69 Å². The van der Waals surface area contributed by atoms with Crippen LogP contribution in [0.3, 0.4) is 0 Å². The van der Waals surface area contributed by atoms with E-state index in [9.17, 15) is 4.79 Å². The van der Waals surface area contributed by atoms with Crippen LogP contribution in [-0.2, 0) is 11.3 Å². The lowest BCUT2D eigenvalue weighted by atomic mass is 9.95. The van der Waals surface area contributed by atoms with Crippen LogP contribution in [0.4, 0.5) is 11.4 Å². The lowest BCUT2D eigenvalue weighted by Crippen LogP contribution is -2.37. The van der Waals surface area contributed by atoms with Gasteiger partial charge in [-0.15, -0.1) is 0 Å². The summed E-state index contributed by atoms with van der Waals surface area (Å²) in [6.45, 7) is 5.06. The molecule has 0 aliphatic carbocycles. The zero-order valence-electron chi connectivity index (χ0n) is 16.2. The summed E-state index contributed by atoms with van der Waals surface area (Å²) in [6.07, 6.45) is 4.35. The minimum Gasteiger partial charge on any atom is -0.372 e. The van der Waals surface area contributed by atoms with E-state index in [1.807, 2.05) is 30.3 Å². The van der Waals surface area contributed by atoms with E-state index >= 15 is 0 Å². The molecular formula is C23H28ClN3O. The molecule has 2 aromatic rings. The summed E-state index contributed by atoms with van der Waals surface area (Å²) in [7, 11) is 0. The number of rotatable bonds is 5. The highest BCUT2D eigenvalue weighted by Crippen LogP contribution is 2.24. The summed E-state index contributed by atoms with van der Waals surface area (Å²) in [5, 5.41) is 3.89. The summed E-state index contributed by atoms with van der Waals surface area (Å²) in [5.41, 5.74) is 3.38. The largest absolute Gasteiger partial charge is 0.372 e. The van der Waals surface area contributed by atoms with Gasteiger partial charge < -0.3 is 10.2 Å². The first kappa shape index (κ1) is 19.3. The number of hydrogen-bond acceptors (Lipinski definition) is 3. The van der Waals surface area contributed by atoms with Gasteiger partial charge in [0, 0.05) is 41.9 Å². The molecule has 5 heteroatoms. The second-order valence-electron chi connectivity index (χ2n) is 7.91. The zero-order chi connectivity index (χ0) is 19.3. The molecule has 148 valence electrons. The summed E-state index contributed by atoms with van der Waals surface area (Å²) >= 11 is 6.08. The number of carbonyl (C=O) groups is 1. The Hall–Kier alpha value is -2.04. The number of anilines is 2. The maximum absolute atomic E-state index is 12.7. The van der Waals surface area contributed by atoms with Crippen molar-refractivity contribution < 1.29 is 4.79 Å². The molecule has 2 saturated heterocycles. The van der Waals surface area contributed by atoms with Gasteiger partial charge >= 0.3 is 0 Å². The molecule has 0 atom stereocenters. The van der Waals surface area contributed by atoms with Crippen molar-refractivity contribution >= 4 is 28.9 Å². The van der Waals surface area contributed by atoms with E-state index in [1.54, 1.807) is 0 Å². The van der Waals surface area contributed by atoms with Gasteiger partial charge in [0.05, 0.1) is 0 Å². The Morgan fingerprint density at radius 1 is 1.00 bits per heavy atom. The van der Waals surface area contributed by atoms with E-state index in [2.05, 4.69) is 33.3 Å². The summed E-state index contributed by atoms with van der Waals surface area (Å²) < 4.78 is 0. The first-order valence-corrected chi connectivity index (χ1v) is 10.7. The quantitative estimate of drug-likeness (QED) is 0.787. The molecule has 0 unspecified atom stereocenters. The predicted molar refractivity (Wildman–Crippen MR) is 116 cm³/mol. The number of piperidine rings is 1. The maximum atomic E-state index is 12.7. The van der Waals surface area contributed by atoms with E-state index in [1.165, 1.54) is 24.1 Å². The van der Waals surface area contributed by atoms with Crippen LogP contribution in [0, 0.1) is 5.92 Å². The first-order chi connectivity index (χ1) is 13.7. The molecule has 2 fully saturated rings. The monoisotopic (exact) mass is 397 g/mol. The van der Waals surface area contributed by atoms with E-state index in [0.29, 0.717) is 0 Å². The van der Waals surface area contributed by atoms with Crippen LogP contribution in [-0.4, -0.2) is 37.0 Å². The number of nitrogens with one attached hydrogen (secondary N) is 1. The second kappa shape index (κ2) is 8.97. The van der Waals surface area contributed by atoms with Crippen molar-refractivity contribution in [1.29, 1.82) is 0 Å². The molecule has 0 radical (unpaired) electrons. The van der Waals surface area contributed by atoms with Gasteiger partial charge in [0.2, 0.25) is 5.91 Å². The van der Waals surface area contributed by atoms with Gasteiger partial charge in [0.25, 0.3) is 0 Å². The van der Waals surface area contributed by atoms with Crippen molar-refractivity contribution in [3.05, 3.63) is 59.1 Å². The molecule has 1 N–H and O–H groups in total. The fourth-order valence-corrected chi connectivity index (χ4v) is 4.43. The molecule has 2 aliphatic rings. The Morgan fingerprint density at radius 2 is 1.71 bits per heavy atom. The molecule has 2 aliphatic heterocycles. The Bertz CT molecular complexity index is 794. The lowest BCUT2D eigenvalue weighted by Gasteiger charge is -2.31. The Kier molecular flexibility index (Phi) is 6.18. The molecular weight excluding hydrogens is 370 g/mol. The van der Waals surface area contributed by atoms with Gasteiger partial charge in [-0.2, -0.15) is 0 Å². The number of amides is 1. The molecule has 2 heterocycles. The van der Waals surface area contributed by atoms with Crippen molar-refractivity contribution in [1.82, 2.24) is 4.90 Å². The van der Waals surface area contributed by atoms with Crippen LogP contribution in [0.1, 0.15) is 31.2 Å². The Labute approximate surface area is 172 Å². The summed E-state index contributed by atoms with van der Waals surface area (Å²) in [4.78, 5) is 17.5. The average Bonchev–Trinajstić information content (AvgIpc) is 3.24. The Morgan fingerprint density at radius 3 is 2.39 bits per heavy atom. The molecule has 0 saturated carbocycles. The number of likely N-dealkylation sites (tertiary alicyclic amines) is 1. The smallest absolute Gasteiger partial charge is 0.227 e. The molecule has 28 heavy (non-hydrogen) atoms. The highest BCUT2D eigenvalue weighted by molar-refractivity contribution is 6.30. The predicted octanol–water partition coefficient (Wildman–Crippen LogP) is 4.79. The van der Waals surface area contributed by atoms with Crippen molar-refractivity contribution in [3.63, 3.8) is 0 Å². The fourth-order valence-electron chi connectivity index (χ4n) is 4.22. The molecule has 0 aromatic heterocycles. The van der Waals surface area contributed by atoms with Crippen LogP contribution in [0.2, 0.25) is 5.02 Å². The SMILES string of the molecule is O=C(Nc1ccc(N2CCCC2)cc1)C1CCN(Cc2cccc(Cl)c2)CC1. The molecule has 4 rings (SSSR count). The third kappa shape index (κ3) is 4.86. The Balaban J connectivity index is 1.25. The minimum absolute atomic E-state index is 0.0915. The molecule has 0 spiro atoms. The standard InChI is InChI=1S/C23H28ClN3O/c24-20-5-3-4-18(16-20)17-26-14-10-19(11-15-26)23(28)25-21-6-8-22(9-7-21)27-12-1-2-13-27/h3-9,16,19H,1-2,10-15,17H2,(H,25,28). The summed E-state index contributed by atoms with van der Waals surface area (Å²) in [6, 6.07) is 16.3. The van der Waals surface area contributed by atoms with Gasteiger partial charge in [0.1, 0.15) is 0 Å². The normalized spacial score (nSPS) is 18.4. The van der Waals surface area contributed by atoms with E-state index in [-0.39, 0.29) is 11.8 Å². The summed E-state index contributed by atoms with van der Waals surface area (Å²) in [5.74, 6) is 0.241. The first-order valence-electron chi connectivity index (χ1n) is 10.3. The van der Waals surface area contributed by atoms with Crippen molar-refractivity contribution in [2.24, 2.45) is 5.92 Å². The molecule has 0 bridgehead atoms. The van der Waals surface area contributed by atoms with Crippen molar-refractivity contribution in [2.75, 3.05) is 36.4 Å². The highest BCUT2D eigenvalue weighted by Gasteiger charge is 2.25. The van der Waals surface area contributed by atoms with E-state index in [4.69, 9.17) is 11.6 Å². The average molecular weight is 398 g/mol. The van der Waals surface area contributed by atoms with E-state index in [0.717, 1.165) is 56.3 Å². The molecule has 1 amide bonds. The highest BCUT2D eigenvalue weighted by atomic mass is 35.5. The van der Waals surface area contributed by atoms with E-state index < -0.39 is 0 Å². The van der Waals surface area contributed by atoms with Crippen LogP contribution >= 0.6 is 11.6 Å². The number of benzene rings is 2. The third-order valence-electron chi connectivity index (χ3n) is 5.86. The van der Waals surface area contributed by atoms with Crippen LogP contribution in [0.5, 0.6) is 0 Å². The number of carbonyl (C=O) groups excluding carboxylic acids is 1. The lowest BCUT2D eigenvalue weighted by molar-refractivity contribution is -0.121. The van der Waals surface area contributed by atoms with Gasteiger partial charge in [-0.05, 0) is 80.7 Å². The van der Waals surface area contributed by atoms with Crippen molar-refractivity contribution in [3.8, 4) is 0 Å². The van der Waals surface area contributed by atoms with Gasteiger partial charge in [-0.25, -0.2) is 0 Å². The van der Waals surface area contributed by atoms with Crippen molar-refractivity contribution in [2.45, 2.75) is 32.2 Å². The second-order valence-corrected chi connectivity index (χ2v) is 8.35. The number of hydrogen-bond donors (Lipinski definition) is 1. The van der Waals surface area contributed by atoms with Gasteiger partial charge in [0.15, 0.2) is 0 Å². The zero-order valence-corrected chi connectivity index (χ0v) is 17.0. The minimum atomic E-state index is 0.0915.